The first-order chi connectivity index (χ1) is 6.24. The SMILES string of the molecule is CSc1nc2ccnn2c(=O)n1C. The molecule has 0 unspecified atom stereocenters. The maximum atomic E-state index is 11.6. The molecule has 68 valence electrons. The molecular weight excluding hydrogens is 188 g/mol. The molecule has 2 heterocycles. The molecule has 0 saturated carbocycles. The molecule has 0 atom stereocenters. The van der Waals surface area contributed by atoms with E-state index in [1.165, 1.54) is 20.8 Å². The number of fused-ring (bicyclic) bond motifs is 1. The number of hydrogen-bond donors (Lipinski definition) is 0. The van der Waals surface area contributed by atoms with Crippen molar-refractivity contribution in [2.24, 2.45) is 7.05 Å². The highest BCUT2D eigenvalue weighted by molar-refractivity contribution is 7.98. The van der Waals surface area contributed by atoms with Crippen LogP contribution in [0.3, 0.4) is 0 Å². The van der Waals surface area contributed by atoms with E-state index in [4.69, 9.17) is 0 Å². The van der Waals surface area contributed by atoms with Crippen molar-refractivity contribution < 1.29 is 0 Å². The van der Waals surface area contributed by atoms with Crippen LogP contribution in [0.1, 0.15) is 0 Å². The molecule has 2 rings (SSSR count). The summed E-state index contributed by atoms with van der Waals surface area (Å²) in [4.78, 5) is 15.8. The lowest BCUT2D eigenvalue weighted by Gasteiger charge is -2.03. The molecule has 5 nitrogen and oxygen atoms in total. The minimum atomic E-state index is -0.167. The van der Waals surface area contributed by atoms with E-state index in [0.717, 1.165) is 0 Å². The molecular formula is C7H8N4OS. The summed E-state index contributed by atoms with van der Waals surface area (Å²) >= 11 is 1.44. The summed E-state index contributed by atoms with van der Waals surface area (Å²) in [5.41, 5.74) is 0.423. The van der Waals surface area contributed by atoms with Gasteiger partial charge in [0.2, 0.25) is 0 Å². The summed E-state index contributed by atoms with van der Waals surface area (Å²) in [5, 5.41) is 4.56. The lowest BCUT2D eigenvalue weighted by molar-refractivity contribution is 0.641. The third kappa shape index (κ3) is 1.14. The first-order valence-electron chi connectivity index (χ1n) is 3.69. The van der Waals surface area contributed by atoms with Gasteiger partial charge in [0.25, 0.3) is 0 Å². The molecule has 0 spiro atoms. The van der Waals surface area contributed by atoms with Gasteiger partial charge in [0.15, 0.2) is 10.8 Å². The van der Waals surface area contributed by atoms with Gasteiger partial charge >= 0.3 is 5.69 Å². The average molecular weight is 196 g/mol. The number of rotatable bonds is 1. The van der Waals surface area contributed by atoms with E-state index in [-0.39, 0.29) is 5.69 Å². The van der Waals surface area contributed by atoms with Gasteiger partial charge in [-0.3, -0.25) is 4.57 Å². The lowest BCUT2D eigenvalue weighted by atomic mass is 10.7. The first kappa shape index (κ1) is 8.31. The molecule has 0 saturated heterocycles. The Hall–Kier alpha value is -1.30. The zero-order valence-corrected chi connectivity index (χ0v) is 8.08. The Morgan fingerprint density at radius 2 is 2.31 bits per heavy atom. The Balaban J connectivity index is 2.92. The van der Waals surface area contributed by atoms with E-state index in [1.54, 1.807) is 19.3 Å². The molecule has 2 aromatic heterocycles. The maximum absolute atomic E-state index is 11.6. The van der Waals surface area contributed by atoms with Gasteiger partial charge < -0.3 is 0 Å². The number of hydrogen-bond acceptors (Lipinski definition) is 4. The van der Waals surface area contributed by atoms with Crippen LogP contribution in [0.15, 0.2) is 22.2 Å². The maximum Gasteiger partial charge on any atom is 0.352 e. The van der Waals surface area contributed by atoms with Crippen LogP contribution in [0.5, 0.6) is 0 Å². The number of thioether (sulfide) groups is 1. The smallest absolute Gasteiger partial charge is 0.274 e. The van der Waals surface area contributed by atoms with Crippen molar-refractivity contribution in [3.63, 3.8) is 0 Å². The van der Waals surface area contributed by atoms with Crippen molar-refractivity contribution in [1.29, 1.82) is 0 Å². The second-order valence-electron chi connectivity index (χ2n) is 2.54. The molecule has 0 aliphatic heterocycles. The van der Waals surface area contributed by atoms with Gasteiger partial charge in [0.05, 0.1) is 6.20 Å². The molecule has 0 fully saturated rings. The fourth-order valence-electron chi connectivity index (χ4n) is 1.11. The van der Waals surface area contributed by atoms with Crippen molar-refractivity contribution in [3.05, 3.63) is 22.7 Å². The van der Waals surface area contributed by atoms with Crippen LogP contribution in [0, 0.1) is 0 Å². The van der Waals surface area contributed by atoms with Crippen LogP contribution >= 0.6 is 11.8 Å². The molecule has 0 bridgehead atoms. The normalized spacial score (nSPS) is 10.9. The van der Waals surface area contributed by atoms with Gasteiger partial charge in [-0.25, -0.2) is 9.78 Å². The molecule has 0 amide bonds. The van der Waals surface area contributed by atoms with Crippen molar-refractivity contribution >= 4 is 17.4 Å². The predicted molar refractivity (Wildman–Crippen MR) is 50.0 cm³/mol. The van der Waals surface area contributed by atoms with E-state index < -0.39 is 0 Å². The summed E-state index contributed by atoms with van der Waals surface area (Å²) in [7, 11) is 1.68. The second-order valence-corrected chi connectivity index (χ2v) is 3.31. The molecule has 13 heavy (non-hydrogen) atoms. The highest BCUT2D eigenvalue weighted by Gasteiger charge is 2.06. The van der Waals surface area contributed by atoms with E-state index in [1.807, 2.05) is 6.26 Å². The zero-order chi connectivity index (χ0) is 9.42. The Labute approximate surface area is 78.4 Å². The minimum absolute atomic E-state index is 0.167. The second kappa shape index (κ2) is 2.88. The monoisotopic (exact) mass is 196 g/mol. The molecule has 0 radical (unpaired) electrons. The van der Waals surface area contributed by atoms with E-state index in [0.29, 0.717) is 10.8 Å². The fraction of sp³-hybridized carbons (Fsp3) is 0.286. The number of nitrogens with zero attached hydrogens (tertiary/aromatic N) is 4. The summed E-state index contributed by atoms with van der Waals surface area (Å²) in [6.07, 6.45) is 3.45. The number of aromatic nitrogens is 4. The van der Waals surface area contributed by atoms with Gasteiger partial charge in [-0.15, -0.1) is 0 Å². The largest absolute Gasteiger partial charge is 0.352 e. The van der Waals surface area contributed by atoms with Crippen LogP contribution in [0.2, 0.25) is 0 Å². The Morgan fingerprint density at radius 3 is 3.00 bits per heavy atom. The summed E-state index contributed by atoms with van der Waals surface area (Å²) in [5.74, 6) is 0. The minimum Gasteiger partial charge on any atom is -0.274 e. The Kier molecular flexibility index (Phi) is 1.84. The predicted octanol–water partition coefficient (Wildman–Crippen LogP) is 0.150. The third-order valence-corrected chi connectivity index (χ3v) is 2.50. The van der Waals surface area contributed by atoms with Crippen LogP contribution in [-0.4, -0.2) is 25.4 Å². The van der Waals surface area contributed by atoms with E-state index >= 15 is 0 Å². The summed E-state index contributed by atoms with van der Waals surface area (Å²) < 4.78 is 2.75. The van der Waals surface area contributed by atoms with Gasteiger partial charge in [-0.05, 0) is 6.26 Å². The van der Waals surface area contributed by atoms with Crippen LogP contribution in [0.25, 0.3) is 5.65 Å². The molecule has 0 aliphatic carbocycles. The quantitative estimate of drug-likeness (QED) is 0.609. The molecule has 2 aromatic rings. The first-order valence-corrected chi connectivity index (χ1v) is 4.91. The van der Waals surface area contributed by atoms with Crippen molar-refractivity contribution in [1.82, 2.24) is 19.2 Å². The fourth-order valence-corrected chi connectivity index (χ4v) is 1.64. The van der Waals surface area contributed by atoms with Gasteiger partial charge in [-0.1, -0.05) is 11.8 Å². The average Bonchev–Trinajstić information content (AvgIpc) is 2.59. The summed E-state index contributed by atoms with van der Waals surface area (Å²) in [6, 6.07) is 1.71. The topological polar surface area (TPSA) is 52.2 Å². The Morgan fingerprint density at radius 1 is 1.54 bits per heavy atom. The summed E-state index contributed by atoms with van der Waals surface area (Å²) in [6.45, 7) is 0. The zero-order valence-electron chi connectivity index (χ0n) is 7.26. The van der Waals surface area contributed by atoms with Crippen LogP contribution < -0.4 is 5.69 Å². The van der Waals surface area contributed by atoms with Crippen LogP contribution in [-0.2, 0) is 7.05 Å². The molecule has 0 aromatic carbocycles. The van der Waals surface area contributed by atoms with Crippen molar-refractivity contribution in [3.8, 4) is 0 Å². The standard InChI is InChI=1S/C7H8N4OS/c1-10-6(13-2)9-5-3-4-8-11(5)7(10)12/h3-4H,1-2H3. The molecule has 0 N–H and O–H groups in total. The van der Waals surface area contributed by atoms with Gasteiger partial charge in [0.1, 0.15) is 0 Å². The van der Waals surface area contributed by atoms with Gasteiger partial charge in [-0.2, -0.15) is 9.61 Å². The Bertz CT molecular complexity index is 501. The highest BCUT2D eigenvalue weighted by atomic mass is 32.2. The molecule has 0 aliphatic rings. The van der Waals surface area contributed by atoms with Crippen molar-refractivity contribution in [2.45, 2.75) is 5.16 Å². The van der Waals surface area contributed by atoms with E-state index in [9.17, 15) is 4.79 Å². The highest BCUT2D eigenvalue weighted by Crippen LogP contribution is 2.08. The molecule has 6 heteroatoms. The lowest BCUT2D eigenvalue weighted by Crippen LogP contribution is -2.27. The van der Waals surface area contributed by atoms with Crippen LogP contribution in [0.4, 0.5) is 0 Å². The van der Waals surface area contributed by atoms with Gasteiger partial charge in [0, 0.05) is 13.1 Å². The van der Waals surface area contributed by atoms with E-state index in [2.05, 4.69) is 10.1 Å². The van der Waals surface area contributed by atoms with Crippen molar-refractivity contribution in [2.75, 3.05) is 6.26 Å². The third-order valence-electron chi connectivity index (χ3n) is 1.77.